The highest BCUT2D eigenvalue weighted by molar-refractivity contribution is 5.76. The van der Waals surface area contributed by atoms with Gasteiger partial charge in [-0.25, -0.2) is 4.68 Å². The second-order valence-corrected chi connectivity index (χ2v) is 4.24. The van der Waals surface area contributed by atoms with E-state index in [2.05, 4.69) is 15.6 Å². The van der Waals surface area contributed by atoms with Crippen molar-refractivity contribution in [3.05, 3.63) is 35.5 Å². The molecule has 1 aromatic carbocycles. The number of carbonyl (C=O) groups excluding carboxylic acids is 1. The molecule has 1 heterocycles. The highest BCUT2D eigenvalue weighted by Gasteiger charge is 2.15. The van der Waals surface area contributed by atoms with Gasteiger partial charge in [0.2, 0.25) is 5.91 Å². The highest BCUT2D eigenvalue weighted by Crippen LogP contribution is 2.22. The van der Waals surface area contributed by atoms with Gasteiger partial charge in [0.15, 0.2) is 0 Å². The average Bonchev–Trinajstić information content (AvgIpc) is 2.82. The molecule has 2 N–H and O–H groups in total. The van der Waals surface area contributed by atoms with Gasteiger partial charge in [-0.15, -0.1) is 5.10 Å². The number of hydrogen-bond donors (Lipinski definition) is 2. The van der Waals surface area contributed by atoms with Crippen molar-refractivity contribution in [3.63, 3.8) is 0 Å². The van der Waals surface area contributed by atoms with Crippen LogP contribution in [0, 0.1) is 6.92 Å². The lowest BCUT2D eigenvalue weighted by molar-refractivity contribution is -0.121. The summed E-state index contributed by atoms with van der Waals surface area (Å²) in [5.41, 5.74) is 3.15. The molecule has 0 saturated carbocycles. The van der Waals surface area contributed by atoms with E-state index in [1.54, 1.807) is 7.05 Å². The maximum Gasteiger partial charge on any atom is 0.241 e. The van der Waals surface area contributed by atoms with Crippen molar-refractivity contribution >= 4 is 5.91 Å². The zero-order valence-electron chi connectivity index (χ0n) is 10.9. The number of nitrogens with zero attached hydrogens (tertiary/aromatic N) is 3. The number of carbonyl (C=O) groups is 1. The summed E-state index contributed by atoms with van der Waals surface area (Å²) in [6.45, 7) is 1.86. The Morgan fingerprint density at radius 2 is 2.05 bits per heavy atom. The molecular formula is C13H16N4O2. The van der Waals surface area contributed by atoms with Crippen molar-refractivity contribution < 1.29 is 9.90 Å². The van der Waals surface area contributed by atoms with Crippen LogP contribution in [0.2, 0.25) is 0 Å². The molecule has 0 unspecified atom stereocenters. The van der Waals surface area contributed by atoms with Crippen LogP contribution < -0.4 is 5.32 Å². The molecule has 0 radical (unpaired) electrons. The molecule has 2 rings (SSSR count). The van der Waals surface area contributed by atoms with E-state index in [0.717, 1.165) is 11.1 Å². The van der Waals surface area contributed by atoms with Gasteiger partial charge in [0.1, 0.15) is 12.2 Å². The predicted octanol–water partition coefficient (Wildman–Crippen LogP) is 0.492. The number of rotatable bonds is 4. The van der Waals surface area contributed by atoms with Gasteiger partial charge in [-0.1, -0.05) is 35.0 Å². The van der Waals surface area contributed by atoms with Crippen LogP contribution in [0.5, 0.6) is 0 Å². The molecule has 0 aliphatic carbocycles. The summed E-state index contributed by atoms with van der Waals surface area (Å²) in [6.07, 6.45) is 0. The largest absolute Gasteiger partial charge is 0.390 e. The van der Waals surface area contributed by atoms with Crippen LogP contribution >= 0.6 is 0 Å². The summed E-state index contributed by atoms with van der Waals surface area (Å²) in [7, 11) is 1.57. The summed E-state index contributed by atoms with van der Waals surface area (Å²) in [5, 5.41) is 19.7. The average molecular weight is 260 g/mol. The normalized spacial score (nSPS) is 10.5. The van der Waals surface area contributed by atoms with Crippen LogP contribution in [0.3, 0.4) is 0 Å². The minimum Gasteiger partial charge on any atom is -0.390 e. The summed E-state index contributed by atoms with van der Waals surface area (Å²) in [5.74, 6) is -0.164. The van der Waals surface area contributed by atoms with Gasteiger partial charge in [-0.3, -0.25) is 4.79 Å². The third-order valence-corrected chi connectivity index (χ3v) is 2.85. The number of aliphatic hydroxyl groups excluding tert-OH is 1. The fraction of sp³-hybridized carbons (Fsp3) is 0.308. The second-order valence-electron chi connectivity index (χ2n) is 4.24. The molecular weight excluding hydrogens is 244 g/mol. The lowest BCUT2D eigenvalue weighted by atomic mass is 10.1. The van der Waals surface area contributed by atoms with Crippen LogP contribution in [0.25, 0.3) is 11.3 Å². The standard InChI is InChI=1S/C13H16N4O2/c1-9-3-5-10(6-4-9)13-11(8-18)15-16-17(13)7-12(19)14-2/h3-6,18H,7-8H2,1-2H3,(H,14,19). The summed E-state index contributed by atoms with van der Waals surface area (Å²) >= 11 is 0. The van der Waals surface area contributed by atoms with E-state index < -0.39 is 0 Å². The summed E-state index contributed by atoms with van der Waals surface area (Å²) < 4.78 is 1.50. The Morgan fingerprint density at radius 1 is 1.37 bits per heavy atom. The maximum atomic E-state index is 11.5. The molecule has 0 bridgehead atoms. The maximum absolute atomic E-state index is 11.5. The molecule has 0 fully saturated rings. The third-order valence-electron chi connectivity index (χ3n) is 2.85. The fourth-order valence-corrected chi connectivity index (χ4v) is 1.81. The molecule has 0 spiro atoms. The number of hydrogen-bond acceptors (Lipinski definition) is 4. The SMILES string of the molecule is CNC(=O)Cn1nnc(CO)c1-c1ccc(C)cc1. The topological polar surface area (TPSA) is 80.0 Å². The van der Waals surface area contributed by atoms with Crippen molar-refractivity contribution in [3.8, 4) is 11.3 Å². The minimum absolute atomic E-state index is 0.0761. The van der Waals surface area contributed by atoms with E-state index in [0.29, 0.717) is 11.4 Å². The molecule has 0 aliphatic rings. The molecule has 0 saturated heterocycles. The van der Waals surface area contributed by atoms with Crippen LogP contribution in [0.4, 0.5) is 0 Å². The number of likely N-dealkylation sites (N-methyl/N-ethyl adjacent to an activating group) is 1. The van der Waals surface area contributed by atoms with Gasteiger partial charge in [-0.2, -0.15) is 0 Å². The highest BCUT2D eigenvalue weighted by atomic mass is 16.3. The summed E-state index contributed by atoms with van der Waals surface area (Å²) in [6, 6.07) is 7.78. The Labute approximate surface area is 111 Å². The van der Waals surface area contributed by atoms with Crippen LogP contribution in [-0.2, 0) is 17.9 Å². The van der Waals surface area contributed by atoms with Crippen LogP contribution in [0.15, 0.2) is 24.3 Å². The number of aliphatic hydroxyl groups is 1. The number of nitrogens with one attached hydrogen (secondary N) is 1. The molecule has 19 heavy (non-hydrogen) atoms. The van der Waals surface area contributed by atoms with Crippen LogP contribution in [0.1, 0.15) is 11.3 Å². The Bertz CT molecular complexity index is 575. The second kappa shape index (κ2) is 5.62. The molecule has 1 amide bonds. The quantitative estimate of drug-likeness (QED) is 0.838. The Hall–Kier alpha value is -2.21. The molecule has 0 aliphatic heterocycles. The van der Waals surface area contributed by atoms with Gasteiger partial charge in [0.25, 0.3) is 0 Å². The van der Waals surface area contributed by atoms with Crippen molar-refractivity contribution in [1.82, 2.24) is 20.3 Å². The number of aromatic nitrogens is 3. The first-order valence-corrected chi connectivity index (χ1v) is 5.96. The van der Waals surface area contributed by atoms with Gasteiger partial charge in [-0.05, 0) is 6.92 Å². The first-order valence-electron chi connectivity index (χ1n) is 5.96. The lowest BCUT2D eigenvalue weighted by Gasteiger charge is -2.07. The molecule has 2 aromatic rings. The van der Waals surface area contributed by atoms with Gasteiger partial charge >= 0.3 is 0 Å². The molecule has 100 valence electrons. The summed E-state index contributed by atoms with van der Waals surface area (Å²) in [4.78, 5) is 11.5. The molecule has 0 atom stereocenters. The van der Waals surface area contributed by atoms with E-state index in [4.69, 9.17) is 0 Å². The zero-order chi connectivity index (χ0) is 13.8. The van der Waals surface area contributed by atoms with Crippen molar-refractivity contribution in [1.29, 1.82) is 0 Å². The number of amides is 1. The Morgan fingerprint density at radius 3 is 2.63 bits per heavy atom. The minimum atomic E-state index is -0.211. The van der Waals surface area contributed by atoms with Crippen molar-refractivity contribution in [2.45, 2.75) is 20.1 Å². The van der Waals surface area contributed by atoms with Crippen molar-refractivity contribution in [2.75, 3.05) is 7.05 Å². The first-order chi connectivity index (χ1) is 9.15. The van der Waals surface area contributed by atoms with Gasteiger partial charge < -0.3 is 10.4 Å². The molecule has 6 nitrogen and oxygen atoms in total. The number of benzene rings is 1. The fourth-order valence-electron chi connectivity index (χ4n) is 1.81. The van der Waals surface area contributed by atoms with E-state index in [1.165, 1.54) is 4.68 Å². The van der Waals surface area contributed by atoms with Crippen LogP contribution in [-0.4, -0.2) is 33.1 Å². The Kier molecular flexibility index (Phi) is 3.91. The smallest absolute Gasteiger partial charge is 0.241 e. The van der Waals surface area contributed by atoms with Gasteiger partial charge in [0, 0.05) is 12.6 Å². The van der Waals surface area contributed by atoms with Crippen molar-refractivity contribution in [2.24, 2.45) is 0 Å². The lowest BCUT2D eigenvalue weighted by Crippen LogP contribution is -2.24. The monoisotopic (exact) mass is 260 g/mol. The van der Waals surface area contributed by atoms with E-state index in [9.17, 15) is 9.90 Å². The Balaban J connectivity index is 2.44. The molecule has 6 heteroatoms. The van der Waals surface area contributed by atoms with E-state index in [1.807, 2.05) is 31.2 Å². The van der Waals surface area contributed by atoms with E-state index >= 15 is 0 Å². The molecule has 1 aromatic heterocycles. The third kappa shape index (κ3) is 2.79. The predicted molar refractivity (Wildman–Crippen MR) is 70.2 cm³/mol. The first kappa shape index (κ1) is 13.2. The van der Waals surface area contributed by atoms with E-state index in [-0.39, 0.29) is 19.1 Å². The zero-order valence-corrected chi connectivity index (χ0v) is 10.9. The van der Waals surface area contributed by atoms with Gasteiger partial charge in [0.05, 0.1) is 12.3 Å². The number of aryl methyl sites for hydroxylation is 1.